The Balaban J connectivity index is 1.91. The number of ether oxygens (including phenoxy) is 1. The highest BCUT2D eigenvalue weighted by atomic mass is 16.5. The second-order valence-electron chi connectivity index (χ2n) is 8.54. The molecule has 0 spiro atoms. The first-order valence-corrected chi connectivity index (χ1v) is 10.1. The lowest BCUT2D eigenvalue weighted by Gasteiger charge is -2.21. The summed E-state index contributed by atoms with van der Waals surface area (Å²) in [6, 6.07) is 12.6. The van der Waals surface area contributed by atoms with Crippen LogP contribution in [-0.4, -0.2) is 36.4 Å². The molecule has 3 aromatic rings. The van der Waals surface area contributed by atoms with Gasteiger partial charge in [0.15, 0.2) is 0 Å². The van der Waals surface area contributed by atoms with Gasteiger partial charge < -0.3 is 19.7 Å². The largest absolute Gasteiger partial charge is 0.496 e. The molecule has 1 aromatic heterocycles. The van der Waals surface area contributed by atoms with E-state index in [1.807, 2.05) is 25.1 Å². The van der Waals surface area contributed by atoms with Gasteiger partial charge in [0.25, 0.3) is 5.91 Å². The van der Waals surface area contributed by atoms with Crippen molar-refractivity contribution >= 4 is 23.6 Å². The zero-order chi connectivity index (χ0) is 23.6. The van der Waals surface area contributed by atoms with Gasteiger partial charge in [0.2, 0.25) is 5.88 Å². The fourth-order valence-corrected chi connectivity index (χ4v) is 3.17. The molecule has 2 amide bonds. The smallest absolute Gasteiger partial charge is 0.413 e. The van der Waals surface area contributed by atoms with Crippen LogP contribution in [0, 0.1) is 6.92 Å². The van der Waals surface area contributed by atoms with E-state index in [2.05, 4.69) is 31.2 Å². The zero-order valence-corrected chi connectivity index (χ0v) is 19.0. The number of hydrogen-bond donors (Lipinski definition) is 2. The number of amides is 2. The van der Waals surface area contributed by atoms with Crippen molar-refractivity contribution in [3.63, 3.8) is 0 Å². The quantitative estimate of drug-likeness (QED) is 0.559. The summed E-state index contributed by atoms with van der Waals surface area (Å²) in [5, 5.41) is 16.0. The predicted octanol–water partition coefficient (Wildman–Crippen LogP) is 5.32. The van der Waals surface area contributed by atoms with Crippen molar-refractivity contribution in [3.05, 3.63) is 59.2 Å². The highest BCUT2D eigenvalue weighted by molar-refractivity contribution is 6.06. The van der Waals surface area contributed by atoms with Crippen molar-refractivity contribution in [2.45, 2.75) is 33.1 Å². The summed E-state index contributed by atoms with van der Waals surface area (Å²) in [7, 11) is 2.90. The first kappa shape index (κ1) is 22.9. The SMILES string of the molecule is COc1ccc(C(C)(C)C)cc1C(=O)Nc1ccc(C)c(-c2cc(N(C)C(=O)O)on2)c1. The van der Waals surface area contributed by atoms with E-state index in [0.717, 1.165) is 16.0 Å². The Kier molecular flexibility index (Phi) is 6.25. The van der Waals surface area contributed by atoms with Gasteiger partial charge in [-0.1, -0.05) is 38.1 Å². The van der Waals surface area contributed by atoms with E-state index in [1.54, 1.807) is 18.2 Å². The molecule has 0 unspecified atom stereocenters. The fraction of sp³-hybridized carbons (Fsp3) is 0.292. The lowest BCUT2D eigenvalue weighted by Crippen LogP contribution is -2.23. The Morgan fingerprint density at radius 2 is 1.84 bits per heavy atom. The maximum absolute atomic E-state index is 13.1. The van der Waals surface area contributed by atoms with Crippen LogP contribution in [0.1, 0.15) is 42.3 Å². The number of rotatable bonds is 5. The standard InChI is InChI=1S/C24H27N3O5/c1-14-7-9-16(12-17(14)19-13-21(32-26-19)27(5)23(29)30)25-22(28)18-11-15(24(2,3)4)8-10-20(18)31-6/h7-13H,1-6H3,(H,25,28)(H,29,30). The molecule has 0 radical (unpaired) electrons. The van der Waals surface area contributed by atoms with E-state index in [4.69, 9.17) is 14.4 Å². The van der Waals surface area contributed by atoms with Gasteiger partial charge in [0.1, 0.15) is 11.4 Å². The van der Waals surface area contributed by atoms with Crippen LogP contribution < -0.4 is 15.0 Å². The van der Waals surface area contributed by atoms with Crippen LogP contribution in [-0.2, 0) is 5.41 Å². The fourth-order valence-electron chi connectivity index (χ4n) is 3.17. The minimum atomic E-state index is -1.16. The van der Waals surface area contributed by atoms with Gasteiger partial charge in [-0.25, -0.2) is 9.69 Å². The summed E-state index contributed by atoms with van der Waals surface area (Å²) in [6.07, 6.45) is -1.16. The zero-order valence-electron chi connectivity index (χ0n) is 19.0. The number of aryl methyl sites for hydroxylation is 1. The first-order chi connectivity index (χ1) is 15.0. The van der Waals surface area contributed by atoms with Gasteiger partial charge in [-0.3, -0.25) is 4.79 Å². The van der Waals surface area contributed by atoms with Crippen molar-refractivity contribution in [2.75, 3.05) is 24.4 Å². The average molecular weight is 437 g/mol. The Morgan fingerprint density at radius 3 is 2.47 bits per heavy atom. The molecule has 0 atom stereocenters. The summed E-state index contributed by atoms with van der Waals surface area (Å²) >= 11 is 0. The van der Waals surface area contributed by atoms with Crippen LogP contribution in [0.2, 0.25) is 0 Å². The third kappa shape index (κ3) is 4.74. The van der Waals surface area contributed by atoms with Gasteiger partial charge in [-0.05, 0) is 47.7 Å². The van der Waals surface area contributed by atoms with Crippen molar-refractivity contribution in [1.29, 1.82) is 0 Å². The number of carbonyl (C=O) groups excluding carboxylic acids is 1. The molecule has 32 heavy (non-hydrogen) atoms. The predicted molar refractivity (Wildman–Crippen MR) is 123 cm³/mol. The molecule has 8 heteroatoms. The number of hydrogen-bond acceptors (Lipinski definition) is 5. The van der Waals surface area contributed by atoms with Gasteiger partial charge in [-0.2, -0.15) is 0 Å². The highest BCUT2D eigenvalue weighted by Crippen LogP contribution is 2.31. The third-order valence-corrected chi connectivity index (χ3v) is 5.20. The number of methoxy groups -OCH3 is 1. The maximum atomic E-state index is 13.1. The molecule has 0 aliphatic rings. The lowest BCUT2D eigenvalue weighted by molar-refractivity contribution is 0.102. The molecule has 168 valence electrons. The van der Waals surface area contributed by atoms with E-state index in [0.29, 0.717) is 28.3 Å². The van der Waals surface area contributed by atoms with Crippen LogP contribution in [0.5, 0.6) is 5.75 Å². The Morgan fingerprint density at radius 1 is 1.12 bits per heavy atom. The van der Waals surface area contributed by atoms with E-state index in [9.17, 15) is 9.59 Å². The average Bonchev–Trinajstić information content (AvgIpc) is 3.23. The summed E-state index contributed by atoms with van der Waals surface area (Å²) < 4.78 is 10.5. The summed E-state index contributed by atoms with van der Waals surface area (Å²) in [6.45, 7) is 8.14. The Hall–Kier alpha value is -3.81. The van der Waals surface area contributed by atoms with E-state index in [-0.39, 0.29) is 17.2 Å². The van der Waals surface area contributed by atoms with Crippen LogP contribution in [0.4, 0.5) is 16.4 Å². The summed E-state index contributed by atoms with van der Waals surface area (Å²) in [5.74, 6) is 0.292. The van der Waals surface area contributed by atoms with Crippen molar-refractivity contribution in [3.8, 4) is 17.0 Å². The van der Waals surface area contributed by atoms with Crippen molar-refractivity contribution in [2.24, 2.45) is 0 Å². The van der Waals surface area contributed by atoms with E-state index < -0.39 is 6.09 Å². The molecule has 0 fully saturated rings. The summed E-state index contributed by atoms with van der Waals surface area (Å²) in [5.41, 5.74) is 3.98. The molecule has 0 saturated carbocycles. The minimum absolute atomic E-state index is 0.102. The molecule has 8 nitrogen and oxygen atoms in total. The number of benzene rings is 2. The van der Waals surface area contributed by atoms with Gasteiger partial charge in [0.05, 0.1) is 12.7 Å². The molecule has 1 heterocycles. The molecule has 0 aliphatic carbocycles. The normalized spacial score (nSPS) is 11.2. The van der Waals surface area contributed by atoms with Gasteiger partial charge in [-0.15, -0.1) is 0 Å². The maximum Gasteiger partial charge on any atom is 0.413 e. The van der Waals surface area contributed by atoms with Crippen molar-refractivity contribution < 1.29 is 24.0 Å². The minimum Gasteiger partial charge on any atom is -0.496 e. The molecule has 2 aromatic carbocycles. The Bertz CT molecular complexity index is 1160. The van der Waals surface area contributed by atoms with Crippen LogP contribution in [0.15, 0.2) is 47.0 Å². The van der Waals surface area contributed by atoms with Gasteiger partial charge in [0, 0.05) is 24.4 Å². The lowest BCUT2D eigenvalue weighted by atomic mass is 9.86. The topological polar surface area (TPSA) is 105 Å². The molecule has 0 bridgehead atoms. The van der Waals surface area contributed by atoms with Crippen molar-refractivity contribution in [1.82, 2.24) is 5.16 Å². The number of carbonyl (C=O) groups is 2. The number of aromatic nitrogens is 1. The summed E-state index contributed by atoms with van der Waals surface area (Å²) in [4.78, 5) is 25.2. The molecular formula is C24H27N3O5. The first-order valence-electron chi connectivity index (χ1n) is 10.1. The second kappa shape index (κ2) is 8.74. The van der Waals surface area contributed by atoms with Crippen LogP contribution in [0.25, 0.3) is 11.3 Å². The Labute approximate surface area is 186 Å². The number of nitrogens with zero attached hydrogens (tertiary/aromatic N) is 2. The van der Waals surface area contributed by atoms with Crippen LogP contribution >= 0.6 is 0 Å². The monoisotopic (exact) mass is 437 g/mol. The molecule has 2 N–H and O–H groups in total. The highest BCUT2D eigenvalue weighted by Gasteiger charge is 2.20. The number of carboxylic acid groups (broad SMARTS) is 1. The van der Waals surface area contributed by atoms with Crippen LogP contribution in [0.3, 0.4) is 0 Å². The second-order valence-corrected chi connectivity index (χ2v) is 8.54. The van der Waals surface area contributed by atoms with Gasteiger partial charge >= 0.3 is 6.09 Å². The third-order valence-electron chi connectivity index (χ3n) is 5.20. The van der Waals surface area contributed by atoms with E-state index in [1.165, 1.54) is 20.2 Å². The van der Waals surface area contributed by atoms with E-state index >= 15 is 0 Å². The number of nitrogens with one attached hydrogen (secondary N) is 1. The number of anilines is 2. The molecular weight excluding hydrogens is 410 g/mol. The molecule has 0 aliphatic heterocycles. The molecule has 3 rings (SSSR count). The molecule has 0 saturated heterocycles.